The van der Waals surface area contributed by atoms with Crippen LogP contribution >= 0.6 is 0 Å². The molecule has 0 bridgehead atoms. The smallest absolute Gasteiger partial charge is 0.337 e. The largest absolute Gasteiger partial charge is 0.478 e. The molecule has 1 atom stereocenters. The van der Waals surface area contributed by atoms with Crippen molar-refractivity contribution >= 4 is 17.7 Å². The molecule has 0 aliphatic heterocycles. The lowest BCUT2D eigenvalue weighted by atomic mass is 10.1. The highest BCUT2D eigenvalue weighted by molar-refractivity contribution is 6.01. The van der Waals surface area contributed by atoms with Crippen LogP contribution in [0.3, 0.4) is 0 Å². The number of ether oxygens (including phenoxy) is 1. The zero-order valence-corrected chi connectivity index (χ0v) is 12.3. The van der Waals surface area contributed by atoms with Crippen molar-refractivity contribution < 1.29 is 24.5 Å². The molecule has 0 saturated carbocycles. The van der Waals surface area contributed by atoms with Crippen molar-refractivity contribution in [1.29, 1.82) is 0 Å². The van der Waals surface area contributed by atoms with E-state index in [0.29, 0.717) is 5.69 Å². The van der Waals surface area contributed by atoms with E-state index < -0.39 is 18.1 Å². The second-order valence-corrected chi connectivity index (χ2v) is 4.65. The van der Waals surface area contributed by atoms with Crippen LogP contribution in [0, 0.1) is 0 Å². The van der Waals surface area contributed by atoms with Gasteiger partial charge in [0.15, 0.2) is 0 Å². The molecule has 0 saturated heterocycles. The van der Waals surface area contributed by atoms with Gasteiger partial charge < -0.3 is 19.8 Å². The maximum Gasteiger partial charge on any atom is 0.337 e. The van der Waals surface area contributed by atoms with E-state index >= 15 is 0 Å². The lowest BCUT2D eigenvalue weighted by Crippen LogP contribution is -2.43. The molecule has 0 fully saturated rings. The Kier molecular flexibility index (Phi) is 6.13. The van der Waals surface area contributed by atoms with Crippen molar-refractivity contribution in [3.05, 3.63) is 29.8 Å². The van der Waals surface area contributed by atoms with Gasteiger partial charge >= 0.3 is 12.0 Å². The highest BCUT2D eigenvalue weighted by atomic mass is 16.5. The topological polar surface area (TPSA) is 90.3 Å². The second kappa shape index (κ2) is 7.61. The molecular formula is C14H20N2O5. The summed E-state index contributed by atoms with van der Waals surface area (Å²) in [6, 6.07) is 5.82. The average Bonchev–Trinajstić information content (AvgIpc) is 2.45. The van der Waals surface area contributed by atoms with E-state index in [4.69, 9.17) is 9.84 Å². The number of carboxylic acids is 1. The third-order valence-electron chi connectivity index (χ3n) is 2.95. The Morgan fingerprint density at radius 2 is 1.90 bits per heavy atom. The van der Waals surface area contributed by atoms with Crippen molar-refractivity contribution in [2.75, 3.05) is 39.3 Å². The van der Waals surface area contributed by atoms with Gasteiger partial charge in [0, 0.05) is 21.2 Å². The van der Waals surface area contributed by atoms with Crippen LogP contribution in [-0.4, -0.2) is 67.6 Å². The van der Waals surface area contributed by atoms with Gasteiger partial charge in [-0.3, -0.25) is 4.90 Å². The number of methoxy groups -OCH3 is 1. The summed E-state index contributed by atoms with van der Waals surface area (Å²) in [6.07, 6.45) is -0.799. The van der Waals surface area contributed by atoms with Crippen molar-refractivity contribution in [2.24, 2.45) is 0 Å². The van der Waals surface area contributed by atoms with Gasteiger partial charge in [0.1, 0.15) is 0 Å². The van der Waals surface area contributed by atoms with Crippen molar-refractivity contribution in [1.82, 2.24) is 4.90 Å². The maximum absolute atomic E-state index is 12.3. The summed E-state index contributed by atoms with van der Waals surface area (Å²) in [6.45, 7) is 0.208. The highest BCUT2D eigenvalue weighted by Crippen LogP contribution is 2.20. The molecule has 2 amide bonds. The number of hydrogen-bond donors (Lipinski definition) is 2. The Bertz CT molecular complexity index is 506. The molecule has 1 unspecified atom stereocenters. The zero-order valence-electron chi connectivity index (χ0n) is 12.3. The third-order valence-corrected chi connectivity index (χ3v) is 2.95. The molecule has 0 aliphatic rings. The second-order valence-electron chi connectivity index (χ2n) is 4.65. The summed E-state index contributed by atoms with van der Waals surface area (Å²) < 4.78 is 4.80. The van der Waals surface area contributed by atoms with Crippen LogP contribution < -0.4 is 4.90 Å². The molecule has 0 aromatic heterocycles. The van der Waals surface area contributed by atoms with Crippen LogP contribution in [0.4, 0.5) is 10.5 Å². The van der Waals surface area contributed by atoms with E-state index in [1.54, 1.807) is 18.2 Å². The quantitative estimate of drug-likeness (QED) is 0.813. The monoisotopic (exact) mass is 296 g/mol. The summed E-state index contributed by atoms with van der Waals surface area (Å²) >= 11 is 0. The molecule has 2 N–H and O–H groups in total. The Labute approximate surface area is 123 Å². The number of urea groups is 1. The van der Waals surface area contributed by atoms with Crippen LogP contribution in [0.25, 0.3) is 0 Å². The van der Waals surface area contributed by atoms with Crippen molar-refractivity contribution in [2.45, 2.75) is 6.10 Å². The minimum Gasteiger partial charge on any atom is -0.478 e. The van der Waals surface area contributed by atoms with E-state index in [1.807, 2.05) is 0 Å². The maximum atomic E-state index is 12.3. The number of hydrogen-bond acceptors (Lipinski definition) is 4. The number of benzene rings is 1. The van der Waals surface area contributed by atoms with E-state index in [9.17, 15) is 14.7 Å². The van der Waals surface area contributed by atoms with Gasteiger partial charge in [0.2, 0.25) is 0 Å². The number of para-hydroxylation sites is 1. The molecule has 116 valence electrons. The number of anilines is 1. The minimum atomic E-state index is -1.10. The summed E-state index contributed by atoms with van der Waals surface area (Å²) in [5.74, 6) is -1.10. The number of carboxylic acid groups (broad SMARTS) is 1. The first-order valence-electron chi connectivity index (χ1n) is 6.36. The molecule has 1 aromatic rings. The Balaban J connectivity index is 2.85. The Morgan fingerprint density at radius 1 is 1.29 bits per heavy atom. The Morgan fingerprint density at radius 3 is 2.48 bits per heavy atom. The lowest BCUT2D eigenvalue weighted by molar-refractivity contribution is 0.0496. The highest BCUT2D eigenvalue weighted by Gasteiger charge is 2.22. The first kappa shape index (κ1) is 16.9. The van der Waals surface area contributed by atoms with Crippen LogP contribution in [0.15, 0.2) is 24.3 Å². The van der Waals surface area contributed by atoms with E-state index in [-0.39, 0.29) is 18.7 Å². The molecule has 1 rings (SSSR count). The fourth-order valence-corrected chi connectivity index (χ4v) is 1.95. The summed E-state index contributed by atoms with van der Waals surface area (Å²) in [5, 5.41) is 18.8. The number of aromatic carboxylic acids is 1. The van der Waals surface area contributed by atoms with E-state index in [1.165, 1.54) is 37.1 Å². The first-order chi connectivity index (χ1) is 9.88. The van der Waals surface area contributed by atoms with Gasteiger partial charge in [0.25, 0.3) is 0 Å². The minimum absolute atomic E-state index is 0.0409. The predicted octanol–water partition coefficient (Wildman–Crippen LogP) is 0.880. The number of carbonyl (C=O) groups is 2. The average molecular weight is 296 g/mol. The van der Waals surface area contributed by atoms with Crippen LogP contribution in [0.1, 0.15) is 10.4 Å². The van der Waals surface area contributed by atoms with Gasteiger partial charge in [-0.05, 0) is 12.1 Å². The predicted molar refractivity (Wildman–Crippen MR) is 77.7 cm³/mol. The fraction of sp³-hybridized carbons (Fsp3) is 0.429. The number of carbonyl (C=O) groups excluding carboxylic acids is 1. The van der Waals surface area contributed by atoms with Gasteiger partial charge in [-0.25, -0.2) is 9.59 Å². The normalized spacial score (nSPS) is 11.8. The van der Waals surface area contributed by atoms with Gasteiger partial charge in [0.05, 0.1) is 30.5 Å². The lowest BCUT2D eigenvalue weighted by Gasteiger charge is -2.27. The number of likely N-dealkylation sites (N-methyl/N-ethyl adjacent to an activating group) is 1. The third kappa shape index (κ3) is 4.44. The number of nitrogens with zero attached hydrogens (tertiary/aromatic N) is 2. The molecular weight excluding hydrogens is 276 g/mol. The molecule has 21 heavy (non-hydrogen) atoms. The summed E-state index contributed by atoms with van der Waals surface area (Å²) in [5.41, 5.74) is 0.335. The SMILES string of the molecule is COCC(O)CN(C)C(=O)N(C)c1ccccc1C(=O)O. The molecule has 0 radical (unpaired) electrons. The number of amides is 2. The molecule has 7 nitrogen and oxygen atoms in total. The van der Waals surface area contributed by atoms with Crippen LogP contribution in [0.5, 0.6) is 0 Å². The molecule has 0 heterocycles. The standard InChI is InChI=1S/C14H20N2O5/c1-15(8-10(17)9-21-3)14(20)16(2)12-7-5-4-6-11(12)13(18)19/h4-7,10,17H,8-9H2,1-3H3,(H,18,19). The fourth-order valence-electron chi connectivity index (χ4n) is 1.95. The Hall–Kier alpha value is -2.12. The van der Waals surface area contributed by atoms with E-state index in [2.05, 4.69) is 0 Å². The first-order valence-corrected chi connectivity index (χ1v) is 6.36. The van der Waals surface area contributed by atoms with E-state index in [0.717, 1.165) is 0 Å². The number of rotatable bonds is 6. The van der Waals surface area contributed by atoms with Crippen LogP contribution in [0.2, 0.25) is 0 Å². The van der Waals surface area contributed by atoms with Crippen LogP contribution in [-0.2, 0) is 4.74 Å². The van der Waals surface area contributed by atoms with Gasteiger partial charge in [-0.1, -0.05) is 12.1 Å². The van der Waals surface area contributed by atoms with Gasteiger partial charge in [-0.15, -0.1) is 0 Å². The van der Waals surface area contributed by atoms with Crippen molar-refractivity contribution in [3.63, 3.8) is 0 Å². The molecule has 1 aromatic carbocycles. The molecule has 7 heteroatoms. The molecule has 0 aliphatic carbocycles. The number of aliphatic hydroxyl groups excluding tert-OH is 1. The summed E-state index contributed by atoms with van der Waals surface area (Å²) in [4.78, 5) is 26.0. The molecule has 0 spiro atoms. The van der Waals surface area contributed by atoms with Gasteiger partial charge in [-0.2, -0.15) is 0 Å². The summed E-state index contributed by atoms with van der Waals surface area (Å²) in [7, 11) is 4.48. The zero-order chi connectivity index (χ0) is 16.0. The van der Waals surface area contributed by atoms with Crippen molar-refractivity contribution in [3.8, 4) is 0 Å². The number of aliphatic hydroxyl groups is 1.